The fourth-order valence-electron chi connectivity index (χ4n) is 4.14. The van der Waals surface area contributed by atoms with Crippen LogP contribution in [0.15, 0.2) is 12.3 Å². The lowest BCUT2D eigenvalue weighted by Crippen LogP contribution is -2.45. The molecule has 4 heterocycles. The van der Waals surface area contributed by atoms with Gasteiger partial charge in [0.2, 0.25) is 0 Å². The molecule has 2 fully saturated rings. The van der Waals surface area contributed by atoms with E-state index < -0.39 is 0 Å². The van der Waals surface area contributed by atoms with Crippen molar-refractivity contribution in [1.29, 1.82) is 0 Å². The molecule has 1 amide bonds. The van der Waals surface area contributed by atoms with E-state index in [0.717, 1.165) is 57.4 Å². The van der Waals surface area contributed by atoms with Gasteiger partial charge < -0.3 is 10.1 Å². The van der Waals surface area contributed by atoms with Crippen LogP contribution in [0, 0.1) is 0 Å². The Balaban J connectivity index is 1.16. The number of carbonyl (C=O) groups is 1. The SMILES string of the molecule is O=C(NC1CC(n2cc(C3CCCO3)nn2)C1)c1cc2n(n1)CCCC2. The standard InChI is InChI=1S/C18H24N6O2/c25-18(15-10-13-4-1-2-6-23(13)21-15)19-12-8-14(9-12)24-11-16(20-22-24)17-5-3-7-26-17/h10-12,14,17H,1-9H2,(H,19,25). The second-order valence-electron chi connectivity index (χ2n) is 7.62. The number of aromatic nitrogens is 5. The molecule has 5 rings (SSSR count). The number of carbonyl (C=O) groups excluding carboxylic acids is 1. The third-order valence-electron chi connectivity index (χ3n) is 5.76. The maximum atomic E-state index is 12.4. The van der Waals surface area contributed by atoms with Crippen molar-refractivity contribution >= 4 is 5.91 Å². The van der Waals surface area contributed by atoms with Crippen LogP contribution in [0.4, 0.5) is 0 Å². The summed E-state index contributed by atoms with van der Waals surface area (Å²) in [5.41, 5.74) is 2.66. The molecule has 2 aliphatic heterocycles. The topological polar surface area (TPSA) is 86.9 Å². The van der Waals surface area contributed by atoms with Gasteiger partial charge in [-0.3, -0.25) is 9.48 Å². The third-order valence-corrected chi connectivity index (χ3v) is 5.76. The zero-order valence-corrected chi connectivity index (χ0v) is 14.8. The van der Waals surface area contributed by atoms with E-state index in [2.05, 4.69) is 20.7 Å². The number of rotatable bonds is 4. The molecule has 8 nitrogen and oxygen atoms in total. The number of hydrogen-bond acceptors (Lipinski definition) is 5. The number of amides is 1. The van der Waals surface area contributed by atoms with Gasteiger partial charge in [0.15, 0.2) is 0 Å². The minimum absolute atomic E-state index is 0.0611. The molecule has 1 saturated carbocycles. The largest absolute Gasteiger partial charge is 0.372 e. The average molecular weight is 356 g/mol. The normalized spacial score (nSPS) is 27.8. The summed E-state index contributed by atoms with van der Waals surface area (Å²) in [6.45, 7) is 1.74. The molecule has 1 N–H and O–H groups in total. The summed E-state index contributed by atoms with van der Waals surface area (Å²) in [5, 5.41) is 16.1. The molecular weight excluding hydrogens is 332 g/mol. The van der Waals surface area contributed by atoms with Crippen LogP contribution >= 0.6 is 0 Å². The fraction of sp³-hybridized carbons (Fsp3) is 0.667. The summed E-state index contributed by atoms with van der Waals surface area (Å²) in [4.78, 5) is 12.4. The number of hydrogen-bond donors (Lipinski definition) is 1. The van der Waals surface area contributed by atoms with Crippen LogP contribution in [-0.4, -0.2) is 43.3 Å². The molecule has 0 aromatic carbocycles. The van der Waals surface area contributed by atoms with Gasteiger partial charge in [-0.05, 0) is 51.0 Å². The first-order valence-corrected chi connectivity index (χ1v) is 9.67. The maximum absolute atomic E-state index is 12.4. The van der Waals surface area contributed by atoms with Crippen LogP contribution in [0.1, 0.15) is 72.5 Å². The second kappa shape index (κ2) is 6.50. The Hall–Kier alpha value is -2.22. The molecule has 2 aromatic rings. The molecule has 8 heteroatoms. The summed E-state index contributed by atoms with van der Waals surface area (Å²) in [5.74, 6) is -0.0611. The molecule has 26 heavy (non-hydrogen) atoms. The highest BCUT2D eigenvalue weighted by molar-refractivity contribution is 5.92. The van der Waals surface area contributed by atoms with Gasteiger partial charge in [0.1, 0.15) is 17.5 Å². The molecule has 138 valence electrons. The van der Waals surface area contributed by atoms with Crippen molar-refractivity contribution in [2.45, 2.75) is 69.7 Å². The molecule has 1 atom stereocenters. The van der Waals surface area contributed by atoms with Crippen LogP contribution in [0.2, 0.25) is 0 Å². The van der Waals surface area contributed by atoms with E-state index in [0.29, 0.717) is 11.7 Å². The van der Waals surface area contributed by atoms with Crippen molar-refractivity contribution in [2.24, 2.45) is 0 Å². The van der Waals surface area contributed by atoms with E-state index in [-0.39, 0.29) is 18.1 Å². The Labute approximate surface area is 151 Å². The van der Waals surface area contributed by atoms with Crippen LogP contribution in [0.25, 0.3) is 0 Å². The van der Waals surface area contributed by atoms with Gasteiger partial charge in [0, 0.05) is 24.9 Å². The van der Waals surface area contributed by atoms with Crippen molar-refractivity contribution in [3.63, 3.8) is 0 Å². The Morgan fingerprint density at radius 1 is 1.27 bits per heavy atom. The van der Waals surface area contributed by atoms with Crippen LogP contribution in [0.5, 0.6) is 0 Å². The molecule has 3 aliphatic rings. The van der Waals surface area contributed by atoms with Gasteiger partial charge in [-0.1, -0.05) is 5.21 Å². The number of nitrogens with zero attached hydrogens (tertiary/aromatic N) is 5. The molecule has 2 aromatic heterocycles. The molecule has 0 bridgehead atoms. The first-order valence-electron chi connectivity index (χ1n) is 9.67. The highest BCUT2D eigenvalue weighted by Gasteiger charge is 2.34. The third kappa shape index (κ3) is 2.92. The Morgan fingerprint density at radius 2 is 2.19 bits per heavy atom. The van der Waals surface area contributed by atoms with Gasteiger partial charge in [-0.25, -0.2) is 4.68 Å². The molecule has 1 unspecified atom stereocenters. The maximum Gasteiger partial charge on any atom is 0.272 e. The number of aryl methyl sites for hydroxylation is 2. The Morgan fingerprint density at radius 3 is 3.00 bits per heavy atom. The average Bonchev–Trinajstić information content (AvgIpc) is 3.36. The lowest BCUT2D eigenvalue weighted by Gasteiger charge is -2.35. The Kier molecular flexibility index (Phi) is 4.00. The van der Waals surface area contributed by atoms with E-state index in [9.17, 15) is 4.79 Å². The van der Waals surface area contributed by atoms with Crippen LogP contribution in [0.3, 0.4) is 0 Å². The zero-order chi connectivity index (χ0) is 17.5. The highest BCUT2D eigenvalue weighted by Crippen LogP contribution is 2.33. The summed E-state index contributed by atoms with van der Waals surface area (Å²) < 4.78 is 9.56. The van der Waals surface area contributed by atoms with Crippen LogP contribution in [-0.2, 0) is 17.7 Å². The predicted molar refractivity (Wildman–Crippen MR) is 92.6 cm³/mol. The van der Waals surface area contributed by atoms with Crippen molar-refractivity contribution in [3.05, 3.63) is 29.3 Å². The fourth-order valence-corrected chi connectivity index (χ4v) is 4.14. The second-order valence-corrected chi connectivity index (χ2v) is 7.62. The van der Waals surface area contributed by atoms with Gasteiger partial charge in [0.25, 0.3) is 5.91 Å². The first kappa shape index (κ1) is 16.0. The summed E-state index contributed by atoms with van der Waals surface area (Å²) in [6.07, 6.45) is 9.33. The van der Waals surface area contributed by atoms with E-state index in [1.165, 1.54) is 12.1 Å². The zero-order valence-electron chi connectivity index (χ0n) is 14.8. The number of ether oxygens (including phenoxy) is 1. The lowest BCUT2D eigenvalue weighted by molar-refractivity contribution is 0.0881. The summed E-state index contributed by atoms with van der Waals surface area (Å²) >= 11 is 0. The summed E-state index contributed by atoms with van der Waals surface area (Å²) in [7, 11) is 0. The van der Waals surface area contributed by atoms with Crippen molar-refractivity contribution in [2.75, 3.05) is 6.61 Å². The number of nitrogens with one attached hydrogen (secondary N) is 1. The van der Waals surface area contributed by atoms with Gasteiger partial charge in [0.05, 0.1) is 12.2 Å². The smallest absolute Gasteiger partial charge is 0.272 e. The van der Waals surface area contributed by atoms with Crippen molar-refractivity contribution < 1.29 is 9.53 Å². The van der Waals surface area contributed by atoms with E-state index >= 15 is 0 Å². The molecule has 0 radical (unpaired) electrons. The quantitative estimate of drug-likeness (QED) is 0.903. The molecule has 1 saturated heterocycles. The van der Waals surface area contributed by atoms with E-state index in [4.69, 9.17) is 4.74 Å². The molecule has 0 spiro atoms. The minimum atomic E-state index is -0.0611. The lowest BCUT2D eigenvalue weighted by atomic mass is 9.86. The van der Waals surface area contributed by atoms with Crippen LogP contribution < -0.4 is 5.32 Å². The predicted octanol–water partition coefficient (Wildman–Crippen LogP) is 1.80. The van der Waals surface area contributed by atoms with E-state index in [1.807, 2.05) is 21.6 Å². The highest BCUT2D eigenvalue weighted by atomic mass is 16.5. The van der Waals surface area contributed by atoms with Gasteiger partial charge >= 0.3 is 0 Å². The van der Waals surface area contributed by atoms with Crippen molar-refractivity contribution in [1.82, 2.24) is 30.1 Å². The van der Waals surface area contributed by atoms with Crippen molar-refractivity contribution in [3.8, 4) is 0 Å². The molecular formula is C18H24N6O2. The first-order chi connectivity index (χ1) is 12.8. The van der Waals surface area contributed by atoms with E-state index in [1.54, 1.807) is 0 Å². The van der Waals surface area contributed by atoms with Gasteiger partial charge in [-0.15, -0.1) is 5.10 Å². The Bertz CT molecular complexity index is 777. The van der Waals surface area contributed by atoms with Gasteiger partial charge in [-0.2, -0.15) is 5.10 Å². The monoisotopic (exact) mass is 356 g/mol. The number of fused-ring (bicyclic) bond motifs is 1. The summed E-state index contributed by atoms with van der Waals surface area (Å²) in [6, 6.07) is 2.43. The minimum Gasteiger partial charge on any atom is -0.372 e. The molecule has 1 aliphatic carbocycles.